The van der Waals surface area contributed by atoms with Crippen LogP contribution in [0, 0.1) is 6.92 Å². The van der Waals surface area contributed by atoms with Gasteiger partial charge in [0.25, 0.3) is 15.9 Å². The number of aromatic amines is 1. The Labute approximate surface area is 179 Å². The molecule has 0 fully saturated rings. The van der Waals surface area contributed by atoms with E-state index in [4.69, 9.17) is 0 Å². The lowest BCUT2D eigenvalue weighted by Crippen LogP contribution is -2.29. The number of aromatic nitrogens is 3. The Morgan fingerprint density at radius 3 is 2.84 bits per heavy atom. The van der Waals surface area contributed by atoms with Crippen molar-refractivity contribution in [2.45, 2.75) is 18.2 Å². The highest BCUT2D eigenvalue weighted by molar-refractivity contribution is 7.92. The van der Waals surface area contributed by atoms with Crippen LogP contribution in [0.5, 0.6) is 0 Å². The molecule has 0 saturated heterocycles. The van der Waals surface area contributed by atoms with Gasteiger partial charge in [-0.25, -0.2) is 13.4 Å². The molecule has 0 saturated carbocycles. The molecule has 0 radical (unpaired) electrons. The SMILES string of the molecule is Cc1[nH]nc2ncc(NC(=O)c3cccc(S(=O)(=O)N4CCc5ccccc54)c3)cc12. The van der Waals surface area contributed by atoms with E-state index in [1.807, 2.05) is 25.1 Å². The minimum Gasteiger partial charge on any atom is -0.321 e. The highest BCUT2D eigenvalue weighted by Gasteiger charge is 2.31. The Morgan fingerprint density at radius 1 is 1.13 bits per heavy atom. The number of amides is 1. The van der Waals surface area contributed by atoms with E-state index >= 15 is 0 Å². The number of carbonyl (C=O) groups excluding carboxylic acids is 1. The van der Waals surface area contributed by atoms with Crippen LogP contribution in [0.2, 0.25) is 0 Å². The maximum absolute atomic E-state index is 13.3. The first kappa shape index (κ1) is 19.3. The number of pyridine rings is 1. The van der Waals surface area contributed by atoms with Crippen LogP contribution in [-0.4, -0.2) is 36.1 Å². The number of aryl methyl sites for hydroxylation is 1. The third-order valence-corrected chi connectivity index (χ3v) is 7.20. The summed E-state index contributed by atoms with van der Waals surface area (Å²) in [5.41, 5.74) is 3.85. The van der Waals surface area contributed by atoms with E-state index in [9.17, 15) is 13.2 Å². The predicted octanol–water partition coefficient (Wildman–Crippen LogP) is 3.27. The quantitative estimate of drug-likeness (QED) is 0.514. The topological polar surface area (TPSA) is 108 Å². The number of hydrogen-bond acceptors (Lipinski definition) is 5. The molecule has 156 valence electrons. The number of H-pyrrole nitrogens is 1. The summed E-state index contributed by atoms with van der Waals surface area (Å²) < 4.78 is 27.9. The molecule has 1 aliphatic rings. The highest BCUT2D eigenvalue weighted by Crippen LogP contribution is 2.32. The normalized spacial score (nSPS) is 13.4. The number of nitrogens with one attached hydrogen (secondary N) is 2. The number of nitrogens with zero attached hydrogens (tertiary/aromatic N) is 3. The van der Waals surface area contributed by atoms with Crippen molar-refractivity contribution in [1.82, 2.24) is 15.2 Å². The van der Waals surface area contributed by atoms with E-state index in [0.29, 0.717) is 30.0 Å². The summed E-state index contributed by atoms with van der Waals surface area (Å²) in [6.45, 7) is 2.25. The first-order valence-electron chi connectivity index (χ1n) is 9.76. The molecule has 0 aliphatic carbocycles. The summed E-state index contributed by atoms with van der Waals surface area (Å²) in [7, 11) is -3.78. The zero-order chi connectivity index (χ0) is 21.6. The van der Waals surface area contributed by atoms with Crippen molar-refractivity contribution in [2.24, 2.45) is 0 Å². The van der Waals surface area contributed by atoms with Crippen molar-refractivity contribution in [3.8, 4) is 0 Å². The maximum atomic E-state index is 13.3. The number of carbonyl (C=O) groups is 1. The van der Waals surface area contributed by atoms with E-state index in [1.54, 1.807) is 24.3 Å². The second-order valence-corrected chi connectivity index (χ2v) is 9.24. The van der Waals surface area contributed by atoms with E-state index in [1.165, 1.54) is 22.6 Å². The smallest absolute Gasteiger partial charge is 0.264 e. The molecule has 31 heavy (non-hydrogen) atoms. The lowest BCUT2D eigenvalue weighted by Gasteiger charge is -2.20. The van der Waals surface area contributed by atoms with E-state index in [0.717, 1.165) is 16.6 Å². The van der Waals surface area contributed by atoms with Gasteiger partial charge < -0.3 is 5.32 Å². The van der Waals surface area contributed by atoms with Crippen LogP contribution < -0.4 is 9.62 Å². The summed E-state index contributed by atoms with van der Waals surface area (Å²) in [5, 5.41) is 10.5. The number of para-hydroxylation sites is 1. The average Bonchev–Trinajstić information content (AvgIpc) is 3.38. The molecular weight excluding hydrogens is 414 g/mol. The standard InChI is InChI=1S/C22H19N5O3S/c1-14-19-12-17(13-23-21(19)26-25-14)24-22(28)16-6-4-7-18(11-16)31(29,30)27-10-9-15-5-2-3-8-20(15)27/h2-8,11-13H,9-10H2,1H3,(H,24,28)(H,23,25,26). The summed E-state index contributed by atoms with van der Waals surface area (Å²) in [6, 6.07) is 15.3. The molecule has 9 heteroatoms. The molecule has 1 aliphatic heterocycles. The fourth-order valence-electron chi connectivity index (χ4n) is 3.77. The van der Waals surface area contributed by atoms with Crippen LogP contribution in [0.1, 0.15) is 21.6 Å². The zero-order valence-corrected chi connectivity index (χ0v) is 17.5. The molecule has 0 atom stereocenters. The minimum atomic E-state index is -3.78. The Kier molecular flexibility index (Phi) is 4.48. The Balaban J connectivity index is 1.43. The van der Waals surface area contributed by atoms with Crippen molar-refractivity contribution in [3.05, 3.63) is 77.6 Å². The summed E-state index contributed by atoms with van der Waals surface area (Å²) in [4.78, 5) is 17.1. The molecule has 0 unspecified atom stereocenters. The van der Waals surface area contributed by atoms with Crippen LogP contribution in [0.25, 0.3) is 11.0 Å². The molecule has 8 nitrogen and oxygen atoms in total. The van der Waals surface area contributed by atoms with Crippen molar-refractivity contribution >= 4 is 38.3 Å². The van der Waals surface area contributed by atoms with Gasteiger partial charge in [0, 0.05) is 23.2 Å². The Hall–Kier alpha value is -3.72. The van der Waals surface area contributed by atoms with Gasteiger partial charge in [0.15, 0.2) is 5.65 Å². The van der Waals surface area contributed by atoms with Gasteiger partial charge in [0.05, 0.1) is 22.5 Å². The number of rotatable bonds is 4. The lowest BCUT2D eigenvalue weighted by atomic mass is 10.2. The first-order valence-corrected chi connectivity index (χ1v) is 11.2. The van der Waals surface area contributed by atoms with E-state index < -0.39 is 15.9 Å². The largest absolute Gasteiger partial charge is 0.321 e. The molecule has 4 aromatic rings. The molecule has 0 bridgehead atoms. The number of hydrogen-bond donors (Lipinski definition) is 2. The van der Waals surface area contributed by atoms with Gasteiger partial charge in [-0.15, -0.1) is 0 Å². The van der Waals surface area contributed by atoms with Crippen LogP contribution in [-0.2, 0) is 16.4 Å². The second kappa shape index (κ2) is 7.21. The Bertz CT molecular complexity index is 1430. The van der Waals surface area contributed by atoms with Gasteiger partial charge in [-0.2, -0.15) is 5.10 Å². The highest BCUT2D eigenvalue weighted by atomic mass is 32.2. The molecule has 0 spiro atoms. The number of benzene rings is 2. The van der Waals surface area contributed by atoms with Gasteiger partial charge in [0.1, 0.15) is 0 Å². The van der Waals surface area contributed by atoms with Crippen LogP contribution in [0.3, 0.4) is 0 Å². The number of sulfonamides is 1. The number of anilines is 2. The monoisotopic (exact) mass is 433 g/mol. The van der Waals surface area contributed by atoms with E-state index in [-0.39, 0.29) is 10.5 Å². The summed E-state index contributed by atoms with van der Waals surface area (Å²) in [6.07, 6.45) is 2.18. The zero-order valence-electron chi connectivity index (χ0n) is 16.7. The molecule has 2 N–H and O–H groups in total. The van der Waals surface area contributed by atoms with Gasteiger partial charge in [-0.1, -0.05) is 24.3 Å². The predicted molar refractivity (Wildman–Crippen MR) is 118 cm³/mol. The Morgan fingerprint density at radius 2 is 1.97 bits per heavy atom. The van der Waals surface area contributed by atoms with E-state index in [2.05, 4.69) is 20.5 Å². The van der Waals surface area contributed by atoms with Gasteiger partial charge in [0.2, 0.25) is 0 Å². The lowest BCUT2D eigenvalue weighted by molar-refractivity contribution is 0.102. The van der Waals surface area contributed by atoms with Crippen molar-refractivity contribution in [3.63, 3.8) is 0 Å². The molecule has 2 aromatic heterocycles. The minimum absolute atomic E-state index is 0.0797. The number of fused-ring (bicyclic) bond motifs is 2. The third-order valence-electron chi connectivity index (χ3n) is 5.39. The first-order chi connectivity index (χ1) is 14.9. The van der Waals surface area contributed by atoms with Crippen LogP contribution in [0.15, 0.2) is 65.7 Å². The summed E-state index contributed by atoms with van der Waals surface area (Å²) in [5.74, 6) is -0.416. The molecular formula is C22H19N5O3S. The van der Waals surface area contributed by atoms with Gasteiger partial charge >= 0.3 is 0 Å². The van der Waals surface area contributed by atoms with Crippen LogP contribution in [0.4, 0.5) is 11.4 Å². The average molecular weight is 433 g/mol. The molecule has 1 amide bonds. The van der Waals surface area contributed by atoms with Crippen LogP contribution >= 0.6 is 0 Å². The third kappa shape index (κ3) is 3.32. The summed E-state index contributed by atoms with van der Waals surface area (Å²) >= 11 is 0. The fraction of sp³-hybridized carbons (Fsp3) is 0.136. The molecule has 2 aromatic carbocycles. The molecule has 3 heterocycles. The molecule has 5 rings (SSSR count). The van der Waals surface area contributed by atoms with Crippen molar-refractivity contribution in [1.29, 1.82) is 0 Å². The van der Waals surface area contributed by atoms with Crippen molar-refractivity contribution in [2.75, 3.05) is 16.2 Å². The fourth-order valence-corrected chi connectivity index (χ4v) is 5.32. The van der Waals surface area contributed by atoms with Gasteiger partial charge in [-0.3, -0.25) is 14.2 Å². The van der Waals surface area contributed by atoms with Gasteiger partial charge in [-0.05, 0) is 49.2 Å². The van der Waals surface area contributed by atoms with Crippen molar-refractivity contribution < 1.29 is 13.2 Å². The second-order valence-electron chi connectivity index (χ2n) is 7.38. The maximum Gasteiger partial charge on any atom is 0.264 e.